The van der Waals surface area contributed by atoms with E-state index in [1.165, 1.54) is 47.2 Å². The second-order valence-electron chi connectivity index (χ2n) is 8.69. The Morgan fingerprint density at radius 1 is 1.15 bits per heavy atom. The Hall–Kier alpha value is -3.24. The Morgan fingerprint density at radius 2 is 1.88 bits per heavy atom. The van der Waals surface area contributed by atoms with Gasteiger partial charge in [-0.2, -0.15) is 0 Å². The van der Waals surface area contributed by atoms with E-state index >= 15 is 0 Å². The number of thiazole rings is 1. The highest BCUT2D eigenvalue weighted by Crippen LogP contribution is 2.53. The van der Waals surface area contributed by atoms with Crippen molar-refractivity contribution in [3.05, 3.63) is 64.2 Å². The van der Waals surface area contributed by atoms with Crippen LogP contribution in [-0.2, 0) is 15.3 Å². The Kier molecular flexibility index (Phi) is 4.96. The van der Waals surface area contributed by atoms with Gasteiger partial charge in [0.15, 0.2) is 4.34 Å². The van der Waals surface area contributed by atoms with E-state index in [9.17, 15) is 19.7 Å². The van der Waals surface area contributed by atoms with E-state index in [1.807, 2.05) is 12.1 Å². The summed E-state index contributed by atoms with van der Waals surface area (Å²) in [6, 6.07) is 10.0. The lowest BCUT2D eigenvalue weighted by molar-refractivity contribution is -0.384. The summed E-state index contributed by atoms with van der Waals surface area (Å²) in [5, 5.41) is 11.1. The fourth-order valence-corrected chi connectivity index (χ4v) is 7.46. The van der Waals surface area contributed by atoms with Crippen molar-refractivity contribution in [2.75, 3.05) is 12.0 Å². The average molecular weight is 494 g/mol. The largest absolute Gasteiger partial charge is 0.496 e. The Balaban J connectivity index is 1.24. The molecule has 10 heteroatoms. The number of aromatic nitrogens is 1. The molecule has 4 atom stereocenters. The highest BCUT2D eigenvalue weighted by Gasteiger charge is 2.59. The first kappa shape index (κ1) is 21.3. The van der Waals surface area contributed by atoms with E-state index in [4.69, 9.17) is 4.74 Å². The Labute approximate surface area is 202 Å². The van der Waals surface area contributed by atoms with Crippen molar-refractivity contribution in [3.8, 4) is 5.75 Å². The van der Waals surface area contributed by atoms with Gasteiger partial charge >= 0.3 is 0 Å². The number of hydrogen-bond donors (Lipinski definition) is 0. The number of nitro benzene ring substituents is 1. The van der Waals surface area contributed by atoms with Crippen LogP contribution in [0.15, 0.2) is 52.9 Å². The topological polar surface area (TPSA) is 103 Å². The molecule has 1 saturated heterocycles. The van der Waals surface area contributed by atoms with Crippen LogP contribution in [-0.4, -0.2) is 28.8 Å². The molecule has 2 bridgehead atoms. The second-order valence-corrected chi connectivity index (χ2v) is 10.9. The van der Waals surface area contributed by atoms with E-state index < -0.39 is 4.92 Å². The maximum Gasteiger partial charge on any atom is 0.270 e. The number of fused-ring (bicyclic) bond motifs is 6. The fraction of sp³-hybridized carbons (Fsp3) is 0.292. The van der Waals surface area contributed by atoms with Crippen molar-refractivity contribution in [1.82, 2.24) is 4.98 Å². The molecule has 2 heterocycles. The van der Waals surface area contributed by atoms with Gasteiger partial charge in [-0.15, -0.1) is 11.3 Å². The quantitative estimate of drug-likeness (QED) is 0.159. The molecule has 172 valence electrons. The van der Waals surface area contributed by atoms with Gasteiger partial charge in [0.25, 0.3) is 5.69 Å². The van der Waals surface area contributed by atoms with Crippen molar-refractivity contribution in [2.24, 2.45) is 23.7 Å². The van der Waals surface area contributed by atoms with E-state index in [0.717, 1.165) is 21.0 Å². The van der Waals surface area contributed by atoms with Crippen LogP contribution in [0.2, 0.25) is 0 Å². The average Bonchev–Trinajstić information content (AvgIpc) is 3.59. The molecular weight excluding hydrogens is 474 g/mol. The first-order chi connectivity index (χ1) is 16.4. The molecule has 0 radical (unpaired) electrons. The minimum atomic E-state index is -0.427. The highest BCUT2D eigenvalue weighted by molar-refractivity contribution is 8.00. The number of hydrogen-bond acceptors (Lipinski definition) is 8. The van der Waals surface area contributed by atoms with Crippen molar-refractivity contribution in [3.63, 3.8) is 0 Å². The number of non-ortho nitro benzene ring substituents is 1. The van der Waals surface area contributed by atoms with E-state index in [-0.39, 0.29) is 41.2 Å². The van der Waals surface area contributed by atoms with Crippen LogP contribution in [0, 0.1) is 33.8 Å². The molecule has 8 nitrogen and oxygen atoms in total. The number of amides is 2. The monoisotopic (exact) mass is 493 g/mol. The molecular formula is C24H19N3O5S2. The van der Waals surface area contributed by atoms with Crippen LogP contribution >= 0.6 is 23.1 Å². The number of methoxy groups -OCH3 is 1. The predicted octanol–water partition coefficient (Wildman–Crippen LogP) is 4.82. The number of carbonyl (C=O) groups is 2. The Bertz CT molecular complexity index is 1370. The SMILES string of the molecule is COc1ccc([N+](=O)[O-])cc1CSc1nc2ccc(N3C(=O)[C@@H]4[C@H](C3=O)[C@H]3C=C[C@H]4C3)cc2s1. The molecule has 3 aliphatic rings. The second kappa shape index (κ2) is 7.92. The number of nitro groups is 1. The molecule has 0 N–H and O–H groups in total. The number of imide groups is 1. The molecule has 0 unspecified atom stereocenters. The normalized spacial score (nSPS) is 24.9. The zero-order chi connectivity index (χ0) is 23.6. The molecule has 1 aliphatic heterocycles. The van der Waals surface area contributed by atoms with Crippen molar-refractivity contribution in [1.29, 1.82) is 0 Å². The molecule has 1 aromatic heterocycles. The van der Waals surface area contributed by atoms with Gasteiger partial charge in [-0.1, -0.05) is 23.9 Å². The summed E-state index contributed by atoms with van der Waals surface area (Å²) in [7, 11) is 1.53. The van der Waals surface area contributed by atoms with Gasteiger partial charge in [-0.05, 0) is 42.5 Å². The Morgan fingerprint density at radius 3 is 2.56 bits per heavy atom. The van der Waals surface area contributed by atoms with Gasteiger partial charge in [-0.3, -0.25) is 19.7 Å². The molecule has 34 heavy (non-hydrogen) atoms. The summed E-state index contributed by atoms with van der Waals surface area (Å²) in [4.78, 5) is 42.9. The van der Waals surface area contributed by atoms with E-state index in [1.54, 1.807) is 12.1 Å². The minimum absolute atomic E-state index is 0.0127. The predicted molar refractivity (Wildman–Crippen MR) is 129 cm³/mol. The zero-order valence-corrected chi connectivity index (χ0v) is 19.7. The first-order valence-electron chi connectivity index (χ1n) is 10.9. The standard InChI is InChI=1S/C24H19N3O5S2/c1-32-18-7-5-16(27(30)31)9-14(18)11-33-24-25-17-6-4-15(10-19(17)34-24)26-22(28)20-12-2-3-13(8-12)21(20)23(26)29/h2-7,9-10,12-13,20-21H,8,11H2,1H3/t12-,13-,20-,21+/m0/s1. The van der Waals surface area contributed by atoms with Gasteiger partial charge in [0, 0.05) is 23.4 Å². The third-order valence-corrected chi connectivity index (χ3v) is 9.12. The molecule has 6 rings (SSSR count). The molecule has 2 fully saturated rings. The smallest absolute Gasteiger partial charge is 0.270 e. The van der Waals surface area contributed by atoms with Gasteiger partial charge in [0.1, 0.15) is 5.75 Å². The number of allylic oxidation sites excluding steroid dienone is 2. The van der Waals surface area contributed by atoms with Gasteiger partial charge < -0.3 is 4.74 Å². The number of thioether (sulfide) groups is 1. The summed E-state index contributed by atoms with van der Waals surface area (Å²) in [6.07, 6.45) is 5.09. The number of benzene rings is 2. The fourth-order valence-electron chi connectivity index (χ4n) is 5.38. The maximum atomic E-state index is 13.1. The molecule has 2 aromatic carbocycles. The highest BCUT2D eigenvalue weighted by atomic mass is 32.2. The molecule has 0 spiro atoms. The summed E-state index contributed by atoms with van der Waals surface area (Å²) < 4.78 is 7.01. The van der Waals surface area contributed by atoms with Crippen LogP contribution in [0.1, 0.15) is 12.0 Å². The lowest BCUT2D eigenvalue weighted by Gasteiger charge is -2.17. The number of anilines is 1. The molecule has 3 aromatic rings. The van der Waals surface area contributed by atoms with Crippen LogP contribution in [0.3, 0.4) is 0 Å². The van der Waals surface area contributed by atoms with Crippen molar-refractivity contribution < 1.29 is 19.2 Å². The summed E-state index contributed by atoms with van der Waals surface area (Å²) in [5.74, 6) is 0.758. The van der Waals surface area contributed by atoms with Crippen LogP contribution in [0.25, 0.3) is 10.2 Å². The number of nitrogens with zero attached hydrogens (tertiary/aromatic N) is 3. The summed E-state index contributed by atoms with van der Waals surface area (Å²) >= 11 is 2.93. The number of ether oxygens (including phenoxy) is 1. The van der Waals surface area contributed by atoms with E-state index in [0.29, 0.717) is 22.8 Å². The van der Waals surface area contributed by atoms with Crippen LogP contribution in [0.4, 0.5) is 11.4 Å². The minimum Gasteiger partial charge on any atom is -0.496 e. The lowest BCUT2D eigenvalue weighted by Crippen LogP contribution is -2.32. The number of carbonyl (C=O) groups excluding carboxylic acids is 2. The number of rotatable bonds is 6. The first-order valence-corrected chi connectivity index (χ1v) is 12.7. The maximum absolute atomic E-state index is 13.1. The van der Waals surface area contributed by atoms with E-state index in [2.05, 4.69) is 17.1 Å². The van der Waals surface area contributed by atoms with Gasteiger partial charge in [0.05, 0.1) is 39.8 Å². The third-order valence-electron chi connectivity index (χ3n) is 6.91. The lowest BCUT2D eigenvalue weighted by atomic mass is 9.85. The summed E-state index contributed by atoms with van der Waals surface area (Å²) in [6.45, 7) is 0. The summed E-state index contributed by atoms with van der Waals surface area (Å²) in [5.41, 5.74) is 2.10. The third kappa shape index (κ3) is 3.24. The molecule has 2 amide bonds. The van der Waals surface area contributed by atoms with Crippen LogP contribution in [0.5, 0.6) is 5.75 Å². The zero-order valence-electron chi connectivity index (χ0n) is 18.0. The van der Waals surface area contributed by atoms with Crippen molar-refractivity contribution in [2.45, 2.75) is 16.5 Å². The van der Waals surface area contributed by atoms with Crippen LogP contribution < -0.4 is 9.64 Å². The van der Waals surface area contributed by atoms with Gasteiger partial charge in [0.2, 0.25) is 11.8 Å². The van der Waals surface area contributed by atoms with Gasteiger partial charge in [-0.25, -0.2) is 9.88 Å². The van der Waals surface area contributed by atoms with Crippen molar-refractivity contribution >= 4 is 56.5 Å². The molecule has 2 aliphatic carbocycles. The molecule has 1 saturated carbocycles.